The molecular weight excluding hydrogens is 325 g/mol. The molecule has 7 nitrogen and oxygen atoms in total. The van der Waals surface area contributed by atoms with E-state index in [4.69, 9.17) is 11.5 Å². The third-order valence-electron chi connectivity index (χ3n) is 2.81. The summed E-state index contributed by atoms with van der Waals surface area (Å²) in [6.45, 7) is 0. The molecule has 10 heteroatoms. The lowest BCUT2D eigenvalue weighted by atomic mass is 10.1. The summed E-state index contributed by atoms with van der Waals surface area (Å²) in [5.41, 5.74) is 11.9. The molecule has 0 saturated carbocycles. The molecule has 1 aromatic rings. The van der Waals surface area contributed by atoms with Gasteiger partial charge in [-0.25, -0.2) is 4.98 Å². The van der Waals surface area contributed by atoms with E-state index in [0.717, 1.165) is 5.69 Å². The fourth-order valence-electron chi connectivity index (χ4n) is 1.83. The number of rotatable bonds is 4. The van der Waals surface area contributed by atoms with Crippen molar-refractivity contribution in [1.29, 1.82) is 0 Å². The first-order chi connectivity index (χ1) is 8.59. The molecule has 2 atom stereocenters. The first-order valence-corrected chi connectivity index (χ1v) is 6.65. The van der Waals surface area contributed by atoms with Crippen LogP contribution in [-0.4, -0.2) is 50.4 Å². The monoisotopic (exact) mass is 341 g/mol. The Morgan fingerprint density at radius 1 is 1.55 bits per heavy atom. The second kappa shape index (κ2) is 8.35. The molecule has 0 radical (unpaired) electrons. The van der Waals surface area contributed by atoms with Gasteiger partial charge >= 0.3 is 0 Å². The van der Waals surface area contributed by atoms with E-state index in [1.54, 1.807) is 6.20 Å². The van der Waals surface area contributed by atoms with Gasteiger partial charge in [0.2, 0.25) is 11.8 Å². The van der Waals surface area contributed by atoms with E-state index in [2.05, 4.69) is 9.97 Å². The summed E-state index contributed by atoms with van der Waals surface area (Å²) < 4.78 is 0. The van der Waals surface area contributed by atoms with E-state index in [0.29, 0.717) is 18.1 Å². The molecule has 0 aliphatic carbocycles. The van der Waals surface area contributed by atoms with Gasteiger partial charge in [-0.15, -0.1) is 36.6 Å². The quantitative estimate of drug-likeness (QED) is 0.682. The van der Waals surface area contributed by atoms with Crippen molar-refractivity contribution in [3.8, 4) is 0 Å². The van der Waals surface area contributed by atoms with Crippen molar-refractivity contribution >= 4 is 48.4 Å². The molecule has 0 bridgehead atoms. The van der Waals surface area contributed by atoms with Gasteiger partial charge in [-0.3, -0.25) is 9.59 Å². The number of halogens is 2. The molecular formula is C10H17Cl2N5O2S. The number of hydrogen-bond donors (Lipinski definition) is 3. The highest BCUT2D eigenvalue weighted by atomic mass is 35.5. The van der Waals surface area contributed by atoms with Crippen LogP contribution in [0.2, 0.25) is 0 Å². The van der Waals surface area contributed by atoms with Crippen molar-refractivity contribution in [3.63, 3.8) is 0 Å². The van der Waals surface area contributed by atoms with Crippen molar-refractivity contribution in [3.05, 3.63) is 18.2 Å². The molecule has 2 amide bonds. The molecule has 1 aromatic heterocycles. The predicted octanol–water partition coefficient (Wildman–Crippen LogP) is -0.490. The first kappa shape index (κ1) is 19.0. The van der Waals surface area contributed by atoms with Gasteiger partial charge in [-0.1, -0.05) is 0 Å². The van der Waals surface area contributed by atoms with Crippen LogP contribution in [0.15, 0.2) is 12.5 Å². The Morgan fingerprint density at radius 2 is 2.25 bits per heavy atom. The molecule has 5 N–H and O–H groups in total. The highest BCUT2D eigenvalue weighted by Crippen LogP contribution is 2.21. The van der Waals surface area contributed by atoms with Crippen molar-refractivity contribution in [2.24, 2.45) is 11.5 Å². The molecule has 0 aromatic carbocycles. The average Bonchev–Trinajstić information content (AvgIpc) is 2.97. The van der Waals surface area contributed by atoms with E-state index in [-0.39, 0.29) is 30.7 Å². The van der Waals surface area contributed by atoms with Gasteiger partial charge < -0.3 is 21.4 Å². The Morgan fingerprint density at radius 3 is 2.80 bits per heavy atom. The molecule has 2 heterocycles. The third-order valence-corrected chi connectivity index (χ3v) is 3.82. The lowest BCUT2D eigenvalue weighted by molar-refractivity contribution is -0.137. The summed E-state index contributed by atoms with van der Waals surface area (Å²) in [6, 6.07) is -1.23. The predicted molar refractivity (Wildman–Crippen MR) is 81.9 cm³/mol. The highest BCUT2D eigenvalue weighted by Gasteiger charge is 2.35. The van der Waals surface area contributed by atoms with Crippen LogP contribution in [0.4, 0.5) is 0 Å². The normalized spacial score (nSPS) is 18.9. The van der Waals surface area contributed by atoms with E-state index < -0.39 is 18.0 Å². The smallest absolute Gasteiger partial charge is 0.241 e. The zero-order valence-electron chi connectivity index (χ0n) is 10.5. The standard InChI is InChI=1S/C10H15N5O2S.2ClH/c11-7(1-6-2-13-4-14-6)10(17)15-5-18-3-8(15)9(12)16;;/h2,4,7-8H,1,3,5,11H2,(H2,12,16)(H,13,14);2*1H/t7-,8-;;/m0../s1. The zero-order chi connectivity index (χ0) is 13.1. The van der Waals surface area contributed by atoms with Gasteiger partial charge in [0.1, 0.15) is 6.04 Å². The number of imidazole rings is 1. The van der Waals surface area contributed by atoms with Gasteiger partial charge in [0.25, 0.3) is 0 Å². The maximum atomic E-state index is 12.1. The van der Waals surface area contributed by atoms with Gasteiger partial charge in [-0.2, -0.15) is 0 Å². The summed E-state index contributed by atoms with van der Waals surface area (Å²) >= 11 is 1.50. The van der Waals surface area contributed by atoms with Crippen molar-refractivity contribution in [1.82, 2.24) is 14.9 Å². The lowest BCUT2D eigenvalue weighted by Gasteiger charge is -2.24. The van der Waals surface area contributed by atoms with E-state index in [1.807, 2.05) is 0 Å². The second-order valence-corrected chi connectivity index (χ2v) is 5.11. The summed E-state index contributed by atoms with van der Waals surface area (Å²) in [5, 5.41) is 0. The van der Waals surface area contributed by atoms with Crippen LogP contribution in [0.25, 0.3) is 0 Å². The molecule has 1 saturated heterocycles. The number of hydrogen-bond acceptors (Lipinski definition) is 5. The van der Waals surface area contributed by atoms with Gasteiger partial charge in [0.15, 0.2) is 0 Å². The van der Waals surface area contributed by atoms with Crippen LogP contribution in [0, 0.1) is 0 Å². The van der Waals surface area contributed by atoms with E-state index >= 15 is 0 Å². The largest absolute Gasteiger partial charge is 0.368 e. The molecule has 2 rings (SSSR count). The van der Waals surface area contributed by atoms with Crippen LogP contribution in [0.5, 0.6) is 0 Å². The van der Waals surface area contributed by atoms with Crippen LogP contribution in [0.3, 0.4) is 0 Å². The van der Waals surface area contributed by atoms with Gasteiger partial charge in [0.05, 0.1) is 18.2 Å². The zero-order valence-corrected chi connectivity index (χ0v) is 13.0. The molecule has 1 aliphatic heterocycles. The molecule has 114 valence electrons. The lowest BCUT2D eigenvalue weighted by Crippen LogP contribution is -2.51. The SMILES string of the molecule is Cl.Cl.NC(=O)[C@@H]1CSCN1C(=O)[C@@H](N)Cc1cnc[nH]1. The third kappa shape index (κ3) is 4.27. The summed E-state index contributed by atoms with van der Waals surface area (Å²) in [6.07, 6.45) is 3.52. The number of aromatic amines is 1. The molecule has 0 unspecified atom stereocenters. The van der Waals surface area contributed by atoms with E-state index in [9.17, 15) is 9.59 Å². The maximum absolute atomic E-state index is 12.1. The number of amides is 2. The van der Waals surface area contributed by atoms with Crippen LogP contribution >= 0.6 is 36.6 Å². The summed E-state index contributed by atoms with van der Waals surface area (Å²) in [7, 11) is 0. The summed E-state index contributed by atoms with van der Waals surface area (Å²) in [5.74, 6) is 0.265. The number of primary amides is 1. The van der Waals surface area contributed by atoms with E-state index in [1.165, 1.54) is 23.0 Å². The Hall–Kier alpha value is -0.960. The summed E-state index contributed by atoms with van der Waals surface area (Å²) in [4.78, 5) is 31.5. The van der Waals surface area contributed by atoms with Crippen LogP contribution < -0.4 is 11.5 Å². The number of H-pyrrole nitrogens is 1. The fraction of sp³-hybridized carbons (Fsp3) is 0.500. The molecule has 1 fully saturated rings. The number of thioether (sulfide) groups is 1. The minimum atomic E-state index is -0.689. The molecule has 20 heavy (non-hydrogen) atoms. The fourth-order valence-corrected chi connectivity index (χ4v) is 3.01. The number of carbonyl (C=O) groups excluding carboxylic acids is 2. The van der Waals surface area contributed by atoms with Crippen molar-refractivity contribution in [2.45, 2.75) is 18.5 Å². The maximum Gasteiger partial charge on any atom is 0.241 e. The molecule has 0 spiro atoms. The van der Waals surface area contributed by atoms with Crippen LogP contribution in [0.1, 0.15) is 5.69 Å². The Bertz CT molecular complexity index is 445. The minimum absolute atomic E-state index is 0. The topological polar surface area (TPSA) is 118 Å². The Balaban J connectivity index is 0.00000180. The number of nitrogens with zero attached hydrogens (tertiary/aromatic N) is 2. The molecule has 1 aliphatic rings. The second-order valence-electron chi connectivity index (χ2n) is 4.11. The Labute approximate surface area is 133 Å². The number of carbonyl (C=O) groups is 2. The van der Waals surface area contributed by atoms with Crippen molar-refractivity contribution in [2.75, 3.05) is 11.6 Å². The van der Waals surface area contributed by atoms with Gasteiger partial charge in [-0.05, 0) is 0 Å². The number of nitrogens with one attached hydrogen (secondary N) is 1. The first-order valence-electron chi connectivity index (χ1n) is 5.50. The van der Waals surface area contributed by atoms with Gasteiger partial charge in [0, 0.05) is 24.1 Å². The number of aromatic nitrogens is 2. The minimum Gasteiger partial charge on any atom is -0.368 e. The number of nitrogens with two attached hydrogens (primary N) is 2. The Kier molecular flexibility index (Phi) is 7.95. The highest BCUT2D eigenvalue weighted by molar-refractivity contribution is 7.99. The van der Waals surface area contributed by atoms with Crippen LogP contribution in [-0.2, 0) is 16.0 Å². The average molecular weight is 342 g/mol. The van der Waals surface area contributed by atoms with Crippen molar-refractivity contribution < 1.29 is 9.59 Å².